The number of benzene rings is 1. The van der Waals surface area contributed by atoms with E-state index in [1.54, 1.807) is 0 Å². The van der Waals surface area contributed by atoms with Crippen molar-refractivity contribution in [3.05, 3.63) is 52.8 Å². The summed E-state index contributed by atoms with van der Waals surface area (Å²) in [4.78, 5) is 14.9. The molecule has 1 aliphatic rings. The summed E-state index contributed by atoms with van der Waals surface area (Å²) in [5.41, 5.74) is 5.73. The quantitative estimate of drug-likeness (QED) is 0.930. The molecular formula is C20H27N3O. The highest BCUT2D eigenvalue weighted by atomic mass is 16.2. The Kier molecular flexibility index (Phi) is 4.76. The maximum absolute atomic E-state index is 12.6. The predicted octanol–water partition coefficient (Wildman–Crippen LogP) is 3.73. The van der Waals surface area contributed by atoms with Crippen molar-refractivity contribution >= 4 is 11.6 Å². The van der Waals surface area contributed by atoms with Gasteiger partial charge in [-0.1, -0.05) is 17.7 Å². The number of carbonyl (C=O) groups is 1. The summed E-state index contributed by atoms with van der Waals surface area (Å²) < 4.78 is 2.16. The molecule has 0 bridgehead atoms. The number of hydrogen-bond acceptors (Lipinski definition) is 2. The zero-order chi connectivity index (χ0) is 17.3. The van der Waals surface area contributed by atoms with Gasteiger partial charge in [-0.15, -0.1) is 0 Å². The summed E-state index contributed by atoms with van der Waals surface area (Å²) in [6, 6.07) is 8.81. The van der Waals surface area contributed by atoms with Gasteiger partial charge in [-0.3, -0.25) is 9.69 Å². The van der Waals surface area contributed by atoms with Crippen LogP contribution < -0.4 is 5.32 Å². The minimum absolute atomic E-state index is 0.0752. The molecule has 1 aromatic carbocycles. The molecule has 4 heteroatoms. The molecule has 1 aliphatic heterocycles. The third-order valence-corrected chi connectivity index (χ3v) is 4.98. The van der Waals surface area contributed by atoms with Crippen LogP contribution in [0.3, 0.4) is 0 Å². The molecule has 2 heterocycles. The summed E-state index contributed by atoms with van der Waals surface area (Å²) in [7, 11) is 2.07. The zero-order valence-electron chi connectivity index (χ0n) is 15.1. The van der Waals surface area contributed by atoms with Gasteiger partial charge in [-0.05, 0) is 63.4 Å². The van der Waals surface area contributed by atoms with E-state index in [4.69, 9.17) is 0 Å². The van der Waals surface area contributed by atoms with Crippen LogP contribution in [0.5, 0.6) is 0 Å². The summed E-state index contributed by atoms with van der Waals surface area (Å²) >= 11 is 0. The second-order valence-electron chi connectivity index (χ2n) is 6.99. The second-order valence-corrected chi connectivity index (χ2v) is 6.99. The smallest absolute Gasteiger partial charge is 0.238 e. The topological polar surface area (TPSA) is 37.3 Å². The molecule has 1 N–H and O–H groups in total. The van der Waals surface area contributed by atoms with Gasteiger partial charge in [0.25, 0.3) is 0 Å². The molecule has 1 amide bonds. The largest absolute Gasteiger partial charge is 0.353 e. The van der Waals surface area contributed by atoms with Crippen molar-refractivity contribution in [2.45, 2.75) is 39.7 Å². The normalized spacial score (nSPS) is 18.1. The van der Waals surface area contributed by atoms with Crippen molar-refractivity contribution in [1.82, 2.24) is 9.47 Å². The highest BCUT2D eigenvalue weighted by Crippen LogP contribution is 2.31. The van der Waals surface area contributed by atoms with Gasteiger partial charge in [-0.2, -0.15) is 0 Å². The number of nitrogens with one attached hydrogen (secondary N) is 1. The number of anilines is 1. The number of amides is 1. The molecular weight excluding hydrogens is 298 g/mol. The van der Waals surface area contributed by atoms with Gasteiger partial charge >= 0.3 is 0 Å². The molecule has 0 radical (unpaired) electrons. The molecule has 24 heavy (non-hydrogen) atoms. The van der Waals surface area contributed by atoms with Gasteiger partial charge in [0.2, 0.25) is 5.91 Å². The van der Waals surface area contributed by atoms with E-state index in [9.17, 15) is 4.79 Å². The minimum atomic E-state index is 0.0752. The number of aromatic nitrogens is 1. The van der Waals surface area contributed by atoms with Crippen LogP contribution in [0, 0.1) is 20.8 Å². The van der Waals surface area contributed by atoms with Crippen molar-refractivity contribution in [2.75, 3.05) is 18.4 Å². The number of carbonyl (C=O) groups excluding carboxylic acids is 1. The maximum Gasteiger partial charge on any atom is 0.238 e. The third kappa shape index (κ3) is 3.39. The van der Waals surface area contributed by atoms with Crippen molar-refractivity contribution in [1.29, 1.82) is 0 Å². The van der Waals surface area contributed by atoms with Crippen LogP contribution >= 0.6 is 0 Å². The number of hydrogen-bond donors (Lipinski definition) is 1. The Labute approximate surface area is 144 Å². The maximum atomic E-state index is 12.6. The highest BCUT2D eigenvalue weighted by Gasteiger charge is 2.29. The van der Waals surface area contributed by atoms with Crippen LogP contribution in [0.2, 0.25) is 0 Å². The van der Waals surface area contributed by atoms with E-state index in [0.29, 0.717) is 12.6 Å². The Morgan fingerprint density at radius 1 is 1.25 bits per heavy atom. The van der Waals surface area contributed by atoms with E-state index in [0.717, 1.165) is 36.2 Å². The molecule has 128 valence electrons. The molecule has 1 atom stereocenters. The molecule has 1 aromatic heterocycles. The van der Waals surface area contributed by atoms with Gasteiger partial charge in [0.1, 0.15) is 0 Å². The molecule has 0 saturated carbocycles. The lowest BCUT2D eigenvalue weighted by molar-refractivity contribution is -0.117. The first-order chi connectivity index (χ1) is 11.5. The Balaban J connectivity index is 1.70. The van der Waals surface area contributed by atoms with Crippen molar-refractivity contribution < 1.29 is 4.79 Å². The van der Waals surface area contributed by atoms with Crippen LogP contribution in [0.4, 0.5) is 5.69 Å². The summed E-state index contributed by atoms with van der Waals surface area (Å²) in [6.07, 6.45) is 4.34. The van der Waals surface area contributed by atoms with E-state index >= 15 is 0 Å². The Bertz CT molecular complexity index is 724. The molecule has 4 nitrogen and oxygen atoms in total. The first kappa shape index (κ1) is 16.8. The SMILES string of the molecule is Cc1cc(C)c(NC(=O)CN2CCCC2c2cccn2C)c(C)c1. The van der Waals surface area contributed by atoms with Gasteiger partial charge in [0, 0.05) is 24.6 Å². The van der Waals surface area contributed by atoms with Crippen LogP contribution in [0.1, 0.15) is 41.3 Å². The van der Waals surface area contributed by atoms with Crippen molar-refractivity contribution in [3.8, 4) is 0 Å². The predicted molar refractivity (Wildman–Crippen MR) is 98.2 cm³/mol. The molecule has 0 spiro atoms. The zero-order valence-corrected chi connectivity index (χ0v) is 15.1. The van der Waals surface area contributed by atoms with Crippen LogP contribution in [0.25, 0.3) is 0 Å². The lowest BCUT2D eigenvalue weighted by atomic mass is 10.1. The average Bonchev–Trinajstić information content (AvgIpc) is 3.11. The third-order valence-electron chi connectivity index (χ3n) is 4.98. The Hall–Kier alpha value is -2.07. The fourth-order valence-corrected chi connectivity index (χ4v) is 3.91. The molecule has 0 aliphatic carbocycles. The second kappa shape index (κ2) is 6.81. The highest BCUT2D eigenvalue weighted by molar-refractivity contribution is 5.93. The number of likely N-dealkylation sites (tertiary alicyclic amines) is 1. The van der Waals surface area contributed by atoms with Gasteiger partial charge in [-0.25, -0.2) is 0 Å². The van der Waals surface area contributed by atoms with E-state index in [1.807, 2.05) is 0 Å². The van der Waals surface area contributed by atoms with E-state index < -0.39 is 0 Å². The van der Waals surface area contributed by atoms with Crippen LogP contribution in [0.15, 0.2) is 30.5 Å². The first-order valence-corrected chi connectivity index (χ1v) is 8.68. The van der Waals surface area contributed by atoms with E-state index in [1.165, 1.54) is 11.3 Å². The van der Waals surface area contributed by atoms with Crippen LogP contribution in [-0.4, -0.2) is 28.5 Å². The molecule has 1 unspecified atom stereocenters. The summed E-state index contributed by atoms with van der Waals surface area (Å²) in [5.74, 6) is 0.0752. The Morgan fingerprint density at radius 2 is 1.96 bits per heavy atom. The van der Waals surface area contributed by atoms with Gasteiger partial charge < -0.3 is 9.88 Å². The van der Waals surface area contributed by atoms with Crippen molar-refractivity contribution in [3.63, 3.8) is 0 Å². The number of rotatable bonds is 4. The number of aryl methyl sites for hydroxylation is 4. The minimum Gasteiger partial charge on any atom is -0.353 e. The summed E-state index contributed by atoms with van der Waals surface area (Å²) in [6.45, 7) is 7.62. The lowest BCUT2D eigenvalue weighted by Crippen LogP contribution is -2.33. The monoisotopic (exact) mass is 325 g/mol. The van der Waals surface area contributed by atoms with Gasteiger partial charge in [0.05, 0.1) is 12.6 Å². The lowest BCUT2D eigenvalue weighted by Gasteiger charge is -2.25. The molecule has 1 fully saturated rings. The van der Waals surface area contributed by atoms with Crippen LogP contribution in [-0.2, 0) is 11.8 Å². The van der Waals surface area contributed by atoms with Gasteiger partial charge in [0.15, 0.2) is 0 Å². The fourth-order valence-electron chi connectivity index (χ4n) is 3.91. The Morgan fingerprint density at radius 3 is 2.58 bits per heavy atom. The molecule has 1 saturated heterocycles. The standard InChI is InChI=1S/C20H27N3O/c1-14-11-15(2)20(16(3)12-14)21-19(24)13-23-10-6-8-18(23)17-7-5-9-22(17)4/h5,7,9,11-12,18H,6,8,10,13H2,1-4H3,(H,21,24). The molecule has 3 rings (SSSR count). The number of nitrogens with zero attached hydrogens (tertiary/aromatic N) is 2. The average molecular weight is 325 g/mol. The molecule has 2 aromatic rings. The van der Waals surface area contributed by atoms with E-state index in [-0.39, 0.29) is 5.91 Å². The summed E-state index contributed by atoms with van der Waals surface area (Å²) in [5, 5.41) is 3.13. The van der Waals surface area contributed by atoms with Crippen molar-refractivity contribution in [2.24, 2.45) is 7.05 Å². The van der Waals surface area contributed by atoms with E-state index in [2.05, 4.69) is 73.1 Å². The fraction of sp³-hybridized carbons (Fsp3) is 0.450. The first-order valence-electron chi connectivity index (χ1n) is 8.68.